The minimum Gasteiger partial charge on any atom is -0.369 e. The molecule has 1 unspecified atom stereocenters. The van der Waals surface area contributed by atoms with Gasteiger partial charge in [0.05, 0.1) is 5.92 Å². The lowest BCUT2D eigenvalue weighted by molar-refractivity contribution is -0.120. The van der Waals surface area contributed by atoms with Crippen molar-refractivity contribution in [3.8, 4) is 0 Å². The zero-order valence-electron chi connectivity index (χ0n) is 7.17. The van der Waals surface area contributed by atoms with E-state index in [0.717, 1.165) is 0 Å². The molecule has 0 aromatic rings. The monoisotopic (exact) mass is 239 g/mol. The molecular formula is C7H11Cl2N3O2. The van der Waals surface area contributed by atoms with Gasteiger partial charge in [-0.15, -0.1) is 24.8 Å². The first-order chi connectivity index (χ1) is 5.61. The lowest BCUT2D eigenvalue weighted by Gasteiger charge is -2.09. The summed E-state index contributed by atoms with van der Waals surface area (Å²) in [7, 11) is 0. The van der Waals surface area contributed by atoms with Crippen LogP contribution in [0.2, 0.25) is 0 Å². The predicted molar refractivity (Wildman–Crippen MR) is 57.6 cm³/mol. The summed E-state index contributed by atoms with van der Waals surface area (Å²) in [6.07, 6.45) is 3.26. The lowest BCUT2D eigenvalue weighted by atomic mass is 10.0. The third-order valence-corrected chi connectivity index (χ3v) is 1.58. The number of nitrogens with zero attached hydrogens (tertiary/aromatic N) is 1. The molecule has 80 valence electrons. The Morgan fingerprint density at radius 1 is 1.36 bits per heavy atom. The molecule has 1 aliphatic heterocycles. The topological polar surface area (TPSA) is 98.5 Å². The van der Waals surface area contributed by atoms with E-state index in [1.807, 2.05) is 0 Å². The van der Waals surface area contributed by atoms with E-state index in [1.165, 1.54) is 12.3 Å². The Labute approximate surface area is 93.4 Å². The van der Waals surface area contributed by atoms with Gasteiger partial charge in [0, 0.05) is 6.21 Å². The highest BCUT2D eigenvalue weighted by atomic mass is 35.5. The maximum Gasteiger partial charge on any atom is 0.266 e. The molecule has 2 amide bonds. The van der Waals surface area contributed by atoms with Crippen molar-refractivity contribution in [1.82, 2.24) is 0 Å². The Hall–Kier alpha value is -1.07. The van der Waals surface area contributed by atoms with Gasteiger partial charge >= 0.3 is 0 Å². The summed E-state index contributed by atoms with van der Waals surface area (Å²) in [6, 6.07) is 0. The van der Waals surface area contributed by atoms with Crippen LogP contribution >= 0.6 is 24.8 Å². The molecule has 1 atom stereocenters. The largest absolute Gasteiger partial charge is 0.369 e. The summed E-state index contributed by atoms with van der Waals surface area (Å²) in [5.74, 6) is -1.44. The molecular weight excluding hydrogens is 229 g/mol. The molecule has 4 N–H and O–H groups in total. The van der Waals surface area contributed by atoms with Crippen LogP contribution in [0.15, 0.2) is 16.8 Å². The fraction of sp³-hybridized carbons (Fsp3) is 0.286. The average Bonchev–Trinajstić information content (AvgIpc) is 2.04. The maximum absolute atomic E-state index is 10.6. The molecule has 0 saturated carbocycles. The van der Waals surface area contributed by atoms with Gasteiger partial charge in [-0.25, -0.2) is 0 Å². The maximum atomic E-state index is 10.6. The highest BCUT2D eigenvalue weighted by Crippen LogP contribution is 2.11. The summed E-state index contributed by atoms with van der Waals surface area (Å²) in [5, 5.41) is 0. The van der Waals surface area contributed by atoms with Gasteiger partial charge in [-0.05, 0) is 6.42 Å². The van der Waals surface area contributed by atoms with Gasteiger partial charge in [-0.2, -0.15) is 0 Å². The van der Waals surface area contributed by atoms with Crippen LogP contribution in [-0.4, -0.2) is 18.0 Å². The van der Waals surface area contributed by atoms with Crippen LogP contribution in [0.5, 0.6) is 0 Å². The number of carbonyl (C=O) groups excluding carboxylic acids is 2. The van der Waals surface area contributed by atoms with Gasteiger partial charge in [-0.3, -0.25) is 14.6 Å². The van der Waals surface area contributed by atoms with Gasteiger partial charge in [0.15, 0.2) is 0 Å². The number of allylic oxidation sites excluding steroid dienone is 1. The third kappa shape index (κ3) is 3.76. The quantitative estimate of drug-likeness (QED) is 0.697. The Kier molecular flexibility index (Phi) is 7.04. The fourth-order valence-electron chi connectivity index (χ4n) is 0.876. The average molecular weight is 240 g/mol. The van der Waals surface area contributed by atoms with Crippen LogP contribution in [0.4, 0.5) is 0 Å². The molecule has 5 nitrogen and oxygen atoms in total. The van der Waals surface area contributed by atoms with Crippen molar-refractivity contribution in [2.24, 2.45) is 22.4 Å². The van der Waals surface area contributed by atoms with Crippen LogP contribution in [0.3, 0.4) is 0 Å². The number of carbonyl (C=O) groups is 2. The van der Waals surface area contributed by atoms with Crippen LogP contribution in [0.25, 0.3) is 0 Å². The number of rotatable bonds is 2. The molecule has 14 heavy (non-hydrogen) atoms. The fourth-order valence-corrected chi connectivity index (χ4v) is 0.876. The van der Waals surface area contributed by atoms with Crippen molar-refractivity contribution in [3.05, 3.63) is 11.8 Å². The SMILES string of the molecule is Cl.Cl.NC(=O)C1=CCC(C(N)=O)C=N1. The molecule has 1 heterocycles. The second-order valence-electron chi connectivity index (χ2n) is 2.48. The standard InChI is InChI=1S/C7H9N3O2.2ClH/c8-6(11)4-1-2-5(7(9)12)10-3-4;;/h2-4H,1H2,(H2,8,11)(H2,9,12);2*1H. The Balaban J connectivity index is 0. The zero-order chi connectivity index (χ0) is 9.14. The summed E-state index contributed by atoms with van der Waals surface area (Å²) >= 11 is 0. The molecule has 0 spiro atoms. The minimum absolute atomic E-state index is 0. The van der Waals surface area contributed by atoms with Crippen molar-refractivity contribution in [2.45, 2.75) is 6.42 Å². The number of nitrogens with two attached hydrogens (primary N) is 2. The van der Waals surface area contributed by atoms with E-state index < -0.39 is 17.7 Å². The zero-order valence-corrected chi connectivity index (χ0v) is 8.81. The Morgan fingerprint density at radius 3 is 2.21 bits per heavy atom. The third-order valence-electron chi connectivity index (χ3n) is 1.58. The lowest BCUT2D eigenvalue weighted by Crippen LogP contribution is -2.26. The van der Waals surface area contributed by atoms with Gasteiger partial charge in [0.1, 0.15) is 5.70 Å². The second-order valence-corrected chi connectivity index (χ2v) is 2.48. The van der Waals surface area contributed by atoms with Crippen molar-refractivity contribution in [3.63, 3.8) is 0 Å². The smallest absolute Gasteiger partial charge is 0.266 e. The van der Waals surface area contributed by atoms with E-state index in [4.69, 9.17) is 11.5 Å². The molecule has 0 bridgehead atoms. The van der Waals surface area contributed by atoms with Crippen molar-refractivity contribution in [2.75, 3.05) is 0 Å². The first kappa shape index (κ1) is 15.4. The number of amides is 2. The predicted octanol–water partition coefficient (Wildman–Crippen LogP) is -0.225. The van der Waals surface area contributed by atoms with E-state index in [-0.39, 0.29) is 30.5 Å². The molecule has 1 rings (SSSR count). The first-order valence-corrected chi connectivity index (χ1v) is 3.44. The number of halogens is 2. The highest BCUT2D eigenvalue weighted by Gasteiger charge is 2.16. The normalized spacial score (nSPS) is 18.6. The number of aliphatic imine (C=N–C) groups is 1. The van der Waals surface area contributed by atoms with Crippen molar-refractivity contribution in [1.29, 1.82) is 0 Å². The second kappa shape index (κ2) is 6.39. The van der Waals surface area contributed by atoms with Crippen LogP contribution in [0, 0.1) is 5.92 Å². The van der Waals surface area contributed by atoms with E-state index >= 15 is 0 Å². The molecule has 0 aromatic carbocycles. The van der Waals surface area contributed by atoms with Crippen LogP contribution < -0.4 is 11.5 Å². The van der Waals surface area contributed by atoms with Gasteiger partial charge in [-0.1, -0.05) is 6.08 Å². The number of hydrogen-bond acceptors (Lipinski definition) is 3. The highest BCUT2D eigenvalue weighted by molar-refractivity contribution is 5.98. The van der Waals surface area contributed by atoms with E-state index in [2.05, 4.69) is 4.99 Å². The molecule has 0 aliphatic carbocycles. The van der Waals surface area contributed by atoms with Gasteiger partial charge in [0.25, 0.3) is 5.91 Å². The summed E-state index contributed by atoms with van der Waals surface area (Å²) in [5.41, 5.74) is 10.2. The summed E-state index contributed by atoms with van der Waals surface area (Å²) in [4.78, 5) is 24.9. The Bertz CT molecular complexity index is 289. The van der Waals surface area contributed by atoms with E-state index in [0.29, 0.717) is 6.42 Å². The number of hydrogen-bond donors (Lipinski definition) is 2. The molecule has 0 saturated heterocycles. The Morgan fingerprint density at radius 2 is 1.93 bits per heavy atom. The first-order valence-electron chi connectivity index (χ1n) is 3.44. The van der Waals surface area contributed by atoms with E-state index in [1.54, 1.807) is 0 Å². The van der Waals surface area contributed by atoms with Gasteiger partial charge < -0.3 is 11.5 Å². The van der Waals surface area contributed by atoms with Crippen LogP contribution in [-0.2, 0) is 9.59 Å². The summed E-state index contributed by atoms with van der Waals surface area (Å²) < 4.78 is 0. The van der Waals surface area contributed by atoms with E-state index in [9.17, 15) is 9.59 Å². The van der Waals surface area contributed by atoms with Gasteiger partial charge in [0.2, 0.25) is 5.91 Å². The molecule has 7 heteroatoms. The molecule has 0 aromatic heterocycles. The molecule has 1 aliphatic rings. The van der Waals surface area contributed by atoms with Crippen molar-refractivity contribution >= 4 is 42.8 Å². The molecule has 0 radical (unpaired) electrons. The summed E-state index contributed by atoms with van der Waals surface area (Å²) in [6.45, 7) is 0. The minimum atomic E-state index is -0.589. The number of primary amides is 2. The van der Waals surface area contributed by atoms with Crippen LogP contribution in [0.1, 0.15) is 6.42 Å². The molecule has 0 fully saturated rings. The van der Waals surface area contributed by atoms with Crippen molar-refractivity contribution < 1.29 is 9.59 Å².